The summed E-state index contributed by atoms with van der Waals surface area (Å²) in [5.74, 6) is -0.224. The van der Waals surface area contributed by atoms with Crippen molar-refractivity contribution in [1.29, 1.82) is 0 Å². The highest BCUT2D eigenvalue weighted by Gasteiger charge is 2.20. The molecule has 2 amide bonds. The lowest BCUT2D eigenvalue weighted by molar-refractivity contribution is -0.129. The Morgan fingerprint density at radius 1 is 1.14 bits per heavy atom. The molecule has 0 spiro atoms. The second-order valence-electron chi connectivity index (χ2n) is 8.04. The lowest BCUT2D eigenvalue weighted by Gasteiger charge is -2.35. The van der Waals surface area contributed by atoms with Crippen molar-refractivity contribution in [3.63, 3.8) is 0 Å². The molecule has 1 aliphatic rings. The zero-order valence-electron chi connectivity index (χ0n) is 19.9. The topological polar surface area (TPSA) is 113 Å². The molecule has 1 saturated heterocycles. The van der Waals surface area contributed by atoms with Gasteiger partial charge in [-0.25, -0.2) is 9.97 Å². The van der Waals surface area contributed by atoms with Crippen LogP contribution in [0, 0.1) is 0 Å². The predicted octanol–water partition coefficient (Wildman–Crippen LogP) is 2.26. The van der Waals surface area contributed by atoms with Gasteiger partial charge >= 0.3 is 0 Å². The Kier molecular flexibility index (Phi) is 8.35. The van der Waals surface area contributed by atoms with Crippen LogP contribution in [0.4, 0.5) is 10.8 Å². The van der Waals surface area contributed by atoms with E-state index in [-0.39, 0.29) is 11.8 Å². The summed E-state index contributed by atoms with van der Waals surface area (Å²) < 4.78 is 5.67. The van der Waals surface area contributed by atoms with E-state index in [4.69, 9.17) is 4.74 Å². The molecule has 4 heterocycles. The molecule has 0 unspecified atom stereocenters. The van der Waals surface area contributed by atoms with Crippen molar-refractivity contribution in [2.24, 2.45) is 0 Å². The van der Waals surface area contributed by atoms with Gasteiger partial charge in [0.05, 0.1) is 36.5 Å². The molecular formula is C24H29N7O3S. The third-order valence-corrected chi connectivity index (χ3v) is 6.45. The van der Waals surface area contributed by atoms with Gasteiger partial charge < -0.3 is 19.9 Å². The number of carbonyl (C=O) groups is 2. The molecule has 2 N–H and O–H groups in total. The molecule has 0 atom stereocenters. The molecule has 10 nitrogen and oxygen atoms in total. The first-order valence-electron chi connectivity index (χ1n) is 11.4. The number of likely N-dealkylation sites (N-methyl/N-ethyl adjacent to an activating group) is 1. The maximum Gasteiger partial charge on any atom is 0.276 e. The zero-order chi connectivity index (χ0) is 24.6. The number of anilines is 2. The van der Waals surface area contributed by atoms with Crippen molar-refractivity contribution < 1.29 is 14.3 Å². The number of hydrogen-bond donors (Lipinski definition) is 2. The molecule has 35 heavy (non-hydrogen) atoms. The molecule has 0 radical (unpaired) electrons. The van der Waals surface area contributed by atoms with Crippen molar-refractivity contribution in [3.05, 3.63) is 53.4 Å². The van der Waals surface area contributed by atoms with Crippen molar-refractivity contribution in [2.75, 3.05) is 56.6 Å². The third-order valence-electron chi connectivity index (χ3n) is 5.70. The highest BCUT2D eigenvalue weighted by molar-refractivity contribution is 7.14. The Morgan fingerprint density at radius 2 is 1.97 bits per heavy atom. The molecule has 3 aromatic heterocycles. The fourth-order valence-corrected chi connectivity index (χ4v) is 4.44. The largest absolute Gasteiger partial charge is 0.374 e. The Bertz CT molecular complexity index is 1140. The minimum atomic E-state index is -0.319. The Labute approximate surface area is 208 Å². The Hall–Kier alpha value is -3.41. The minimum Gasteiger partial charge on any atom is -0.374 e. The van der Waals surface area contributed by atoms with E-state index in [0.717, 1.165) is 42.3 Å². The van der Waals surface area contributed by atoms with Gasteiger partial charge in [-0.1, -0.05) is 0 Å². The van der Waals surface area contributed by atoms with Crippen LogP contribution in [-0.4, -0.2) is 78.0 Å². The van der Waals surface area contributed by atoms with Crippen LogP contribution in [0.15, 0.2) is 42.0 Å². The standard InChI is InChI=1S/C24H29N7O3S/c1-17(32)30-9-11-31(12-10-30)18-5-6-20(27-14-18)23(33)29-24-28-22(16-35-24)19-4-3-7-26-21(19)15-34-13-8-25-2/h3-7,14,16,25H,8-13,15H2,1-2H3,(H,28,29,33). The summed E-state index contributed by atoms with van der Waals surface area (Å²) in [6.45, 7) is 6.18. The number of piperazine rings is 1. The van der Waals surface area contributed by atoms with E-state index in [1.165, 1.54) is 11.3 Å². The number of ether oxygens (including phenoxy) is 1. The summed E-state index contributed by atoms with van der Waals surface area (Å²) in [4.78, 5) is 41.6. The number of carbonyl (C=O) groups excluding carboxylic acids is 2. The number of nitrogens with one attached hydrogen (secondary N) is 2. The average Bonchev–Trinajstić information content (AvgIpc) is 3.35. The number of pyridine rings is 2. The van der Waals surface area contributed by atoms with Crippen LogP contribution >= 0.6 is 11.3 Å². The van der Waals surface area contributed by atoms with Gasteiger partial charge in [0.15, 0.2) is 5.13 Å². The summed E-state index contributed by atoms with van der Waals surface area (Å²) in [6, 6.07) is 7.39. The number of amides is 2. The zero-order valence-corrected chi connectivity index (χ0v) is 20.7. The van der Waals surface area contributed by atoms with E-state index in [9.17, 15) is 9.59 Å². The van der Waals surface area contributed by atoms with Gasteiger partial charge in [-0.15, -0.1) is 11.3 Å². The third kappa shape index (κ3) is 6.38. The minimum absolute atomic E-state index is 0.0951. The summed E-state index contributed by atoms with van der Waals surface area (Å²) in [5.41, 5.74) is 3.66. The monoisotopic (exact) mass is 495 g/mol. The summed E-state index contributed by atoms with van der Waals surface area (Å²) >= 11 is 1.35. The predicted molar refractivity (Wildman–Crippen MR) is 136 cm³/mol. The van der Waals surface area contributed by atoms with Crippen molar-refractivity contribution in [1.82, 2.24) is 25.2 Å². The van der Waals surface area contributed by atoms with Gasteiger partial charge in [0.2, 0.25) is 5.91 Å². The van der Waals surface area contributed by atoms with E-state index in [1.807, 2.05) is 35.5 Å². The molecule has 184 valence electrons. The lowest BCUT2D eigenvalue weighted by atomic mass is 10.1. The molecule has 11 heteroatoms. The van der Waals surface area contributed by atoms with Gasteiger partial charge in [0.25, 0.3) is 5.91 Å². The number of hydrogen-bond acceptors (Lipinski definition) is 9. The highest BCUT2D eigenvalue weighted by atomic mass is 32.1. The van der Waals surface area contributed by atoms with Gasteiger partial charge in [0.1, 0.15) is 5.69 Å². The maximum absolute atomic E-state index is 12.7. The van der Waals surface area contributed by atoms with Crippen molar-refractivity contribution in [2.45, 2.75) is 13.5 Å². The molecule has 1 fully saturated rings. The number of aromatic nitrogens is 3. The summed E-state index contributed by atoms with van der Waals surface area (Å²) in [5, 5.41) is 8.25. The van der Waals surface area contributed by atoms with E-state index >= 15 is 0 Å². The van der Waals surface area contributed by atoms with Crippen LogP contribution in [0.2, 0.25) is 0 Å². The first kappa shape index (κ1) is 24.7. The highest BCUT2D eigenvalue weighted by Crippen LogP contribution is 2.27. The van der Waals surface area contributed by atoms with Gasteiger partial charge in [-0.2, -0.15) is 0 Å². The Balaban J connectivity index is 1.36. The Morgan fingerprint density at radius 3 is 2.69 bits per heavy atom. The van der Waals surface area contributed by atoms with E-state index in [1.54, 1.807) is 25.4 Å². The molecule has 4 rings (SSSR count). The molecule has 0 aromatic carbocycles. The smallest absolute Gasteiger partial charge is 0.276 e. The van der Waals surface area contributed by atoms with Crippen molar-refractivity contribution >= 4 is 34.0 Å². The molecule has 0 bridgehead atoms. The number of nitrogens with zero attached hydrogens (tertiary/aromatic N) is 5. The van der Waals surface area contributed by atoms with Gasteiger partial charge in [-0.05, 0) is 31.3 Å². The summed E-state index contributed by atoms with van der Waals surface area (Å²) in [6.07, 6.45) is 3.43. The first-order valence-corrected chi connectivity index (χ1v) is 12.3. The van der Waals surface area contributed by atoms with Crippen LogP contribution in [0.5, 0.6) is 0 Å². The van der Waals surface area contributed by atoms with Crippen LogP contribution in [0.25, 0.3) is 11.3 Å². The fraction of sp³-hybridized carbons (Fsp3) is 0.375. The average molecular weight is 496 g/mol. The molecule has 0 aliphatic carbocycles. The summed E-state index contributed by atoms with van der Waals surface area (Å²) in [7, 11) is 1.88. The molecule has 3 aromatic rings. The first-order chi connectivity index (χ1) is 17.0. The van der Waals surface area contributed by atoms with Crippen molar-refractivity contribution in [3.8, 4) is 11.3 Å². The van der Waals surface area contributed by atoms with E-state index in [0.29, 0.717) is 37.1 Å². The van der Waals surface area contributed by atoms with E-state index in [2.05, 4.69) is 30.5 Å². The molecule has 0 saturated carbocycles. The quantitative estimate of drug-likeness (QED) is 0.435. The second kappa shape index (κ2) is 11.8. The fourth-order valence-electron chi connectivity index (χ4n) is 3.73. The van der Waals surface area contributed by atoms with Gasteiger partial charge in [-0.3, -0.25) is 19.9 Å². The van der Waals surface area contributed by atoms with Crippen LogP contribution < -0.4 is 15.5 Å². The number of thiazole rings is 1. The van der Waals surface area contributed by atoms with E-state index < -0.39 is 0 Å². The van der Waals surface area contributed by atoms with Crippen LogP contribution in [0.3, 0.4) is 0 Å². The number of rotatable bonds is 9. The SMILES string of the molecule is CNCCOCc1ncccc1-c1csc(NC(=O)c2ccc(N3CCN(C(C)=O)CC3)cn2)n1. The van der Waals surface area contributed by atoms with Gasteiger partial charge in [0, 0.05) is 56.8 Å². The lowest BCUT2D eigenvalue weighted by Crippen LogP contribution is -2.48. The normalized spacial score (nSPS) is 13.7. The second-order valence-corrected chi connectivity index (χ2v) is 8.90. The van der Waals surface area contributed by atoms with Crippen LogP contribution in [0.1, 0.15) is 23.1 Å². The molecule has 1 aliphatic heterocycles. The molecular weight excluding hydrogens is 466 g/mol. The van der Waals surface area contributed by atoms with Crippen LogP contribution in [-0.2, 0) is 16.1 Å². The maximum atomic E-state index is 12.7.